The highest BCUT2D eigenvalue weighted by Gasteiger charge is 2.16. The summed E-state index contributed by atoms with van der Waals surface area (Å²) in [4.78, 5) is 2.45. The van der Waals surface area contributed by atoms with Crippen LogP contribution in [0.4, 0.5) is 11.4 Å². The van der Waals surface area contributed by atoms with Crippen LogP contribution in [0.25, 0.3) is 0 Å². The molecule has 0 aromatic heterocycles. The molecule has 0 amide bonds. The van der Waals surface area contributed by atoms with Crippen LogP contribution in [0, 0.1) is 12.8 Å². The van der Waals surface area contributed by atoms with E-state index in [0.29, 0.717) is 0 Å². The van der Waals surface area contributed by atoms with Gasteiger partial charge >= 0.3 is 0 Å². The Morgan fingerprint density at radius 1 is 1.25 bits per heavy atom. The molecular formula is C14H22N2. The van der Waals surface area contributed by atoms with Crippen LogP contribution in [-0.4, -0.2) is 13.1 Å². The number of anilines is 2. The third kappa shape index (κ3) is 2.31. The second-order valence-electron chi connectivity index (χ2n) is 5.03. The lowest BCUT2D eigenvalue weighted by atomic mass is 10.0. The van der Waals surface area contributed by atoms with E-state index in [-0.39, 0.29) is 0 Å². The van der Waals surface area contributed by atoms with E-state index in [2.05, 4.69) is 36.9 Å². The molecule has 1 aliphatic heterocycles. The second kappa shape index (κ2) is 4.77. The number of aryl methyl sites for hydroxylation is 1. The Morgan fingerprint density at radius 3 is 2.88 bits per heavy atom. The lowest BCUT2D eigenvalue weighted by Crippen LogP contribution is -2.25. The number of rotatable bonds is 1. The summed E-state index contributed by atoms with van der Waals surface area (Å²) < 4.78 is 0. The normalized spacial score (nSPS) is 21.9. The van der Waals surface area contributed by atoms with Crippen molar-refractivity contribution < 1.29 is 0 Å². The van der Waals surface area contributed by atoms with Gasteiger partial charge in [0.05, 0.1) is 11.4 Å². The fraction of sp³-hybridized carbons (Fsp3) is 0.571. The summed E-state index contributed by atoms with van der Waals surface area (Å²) in [6.45, 7) is 6.73. The molecule has 1 heterocycles. The van der Waals surface area contributed by atoms with E-state index in [9.17, 15) is 0 Å². The molecule has 1 aromatic carbocycles. The Morgan fingerprint density at radius 2 is 2.06 bits per heavy atom. The standard InChI is InChI=1S/C14H22N2/c1-11-5-4-9-16(10-8-11)13-7-3-6-12(2)14(13)15/h3,6-7,11H,4-5,8-10,15H2,1-2H3. The van der Waals surface area contributed by atoms with Crippen molar-refractivity contribution in [1.82, 2.24) is 0 Å². The van der Waals surface area contributed by atoms with Gasteiger partial charge in [-0.15, -0.1) is 0 Å². The molecule has 2 nitrogen and oxygen atoms in total. The van der Waals surface area contributed by atoms with E-state index < -0.39 is 0 Å². The summed E-state index contributed by atoms with van der Waals surface area (Å²) in [5.74, 6) is 0.857. The highest BCUT2D eigenvalue weighted by atomic mass is 15.1. The number of nitrogens with zero attached hydrogens (tertiary/aromatic N) is 1. The van der Waals surface area contributed by atoms with Crippen LogP contribution in [0.2, 0.25) is 0 Å². The van der Waals surface area contributed by atoms with Crippen molar-refractivity contribution in [1.29, 1.82) is 0 Å². The molecule has 0 aliphatic carbocycles. The third-order valence-electron chi connectivity index (χ3n) is 3.66. The molecule has 1 atom stereocenters. The summed E-state index contributed by atoms with van der Waals surface area (Å²) >= 11 is 0. The van der Waals surface area contributed by atoms with Crippen molar-refractivity contribution in [3.63, 3.8) is 0 Å². The Bertz CT molecular complexity index is 360. The summed E-state index contributed by atoms with van der Waals surface area (Å²) in [6, 6.07) is 6.34. The van der Waals surface area contributed by atoms with Gasteiger partial charge in [0.2, 0.25) is 0 Å². The Labute approximate surface area is 98.4 Å². The summed E-state index contributed by atoms with van der Waals surface area (Å²) in [7, 11) is 0. The number of hydrogen-bond donors (Lipinski definition) is 1. The van der Waals surface area contributed by atoms with E-state index >= 15 is 0 Å². The molecule has 0 bridgehead atoms. The molecule has 1 aliphatic rings. The van der Waals surface area contributed by atoms with Gasteiger partial charge < -0.3 is 10.6 Å². The van der Waals surface area contributed by atoms with Gasteiger partial charge in [0.25, 0.3) is 0 Å². The lowest BCUT2D eigenvalue weighted by molar-refractivity contribution is 0.521. The predicted molar refractivity (Wildman–Crippen MR) is 70.8 cm³/mol. The first-order chi connectivity index (χ1) is 7.68. The number of nitrogens with two attached hydrogens (primary N) is 1. The number of benzene rings is 1. The average Bonchev–Trinajstić information content (AvgIpc) is 2.47. The highest BCUT2D eigenvalue weighted by molar-refractivity contribution is 5.70. The van der Waals surface area contributed by atoms with E-state index in [0.717, 1.165) is 24.7 Å². The molecule has 2 heteroatoms. The Kier molecular flexibility index (Phi) is 3.37. The monoisotopic (exact) mass is 218 g/mol. The second-order valence-corrected chi connectivity index (χ2v) is 5.03. The molecule has 1 unspecified atom stereocenters. The van der Waals surface area contributed by atoms with Gasteiger partial charge in [-0.2, -0.15) is 0 Å². The topological polar surface area (TPSA) is 29.3 Å². The highest BCUT2D eigenvalue weighted by Crippen LogP contribution is 2.29. The van der Waals surface area contributed by atoms with Crippen molar-refractivity contribution in [3.05, 3.63) is 23.8 Å². The van der Waals surface area contributed by atoms with Crippen LogP contribution in [0.5, 0.6) is 0 Å². The molecule has 0 radical (unpaired) electrons. The minimum Gasteiger partial charge on any atom is -0.397 e. The fourth-order valence-corrected chi connectivity index (χ4v) is 2.44. The van der Waals surface area contributed by atoms with Gasteiger partial charge in [-0.25, -0.2) is 0 Å². The van der Waals surface area contributed by atoms with Gasteiger partial charge in [0.15, 0.2) is 0 Å². The number of hydrogen-bond acceptors (Lipinski definition) is 2. The predicted octanol–water partition coefficient (Wildman–Crippen LogP) is 3.20. The largest absolute Gasteiger partial charge is 0.397 e. The molecule has 0 saturated carbocycles. The van der Waals surface area contributed by atoms with Gasteiger partial charge in [-0.1, -0.05) is 19.1 Å². The molecule has 2 rings (SSSR count). The quantitative estimate of drug-likeness (QED) is 0.733. The smallest absolute Gasteiger partial charge is 0.0602 e. The fourth-order valence-electron chi connectivity index (χ4n) is 2.44. The van der Waals surface area contributed by atoms with Crippen LogP contribution >= 0.6 is 0 Å². The SMILES string of the molecule is Cc1cccc(N2CCCC(C)CC2)c1N. The minimum atomic E-state index is 0.857. The molecule has 1 aromatic rings. The van der Waals surface area contributed by atoms with Crippen molar-refractivity contribution in [3.8, 4) is 0 Å². The zero-order chi connectivity index (χ0) is 11.5. The summed E-state index contributed by atoms with van der Waals surface area (Å²) in [5.41, 5.74) is 9.53. The minimum absolute atomic E-state index is 0.857. The molecule has 1 fully saturated rings. The molecule has 1 saturated heterocycles. The molecule has 88 valence electrons. The van der Waals surface area contributed by atoms with Crippen molar-refractivity contribution >= 4 is 11.4 Å². The van der Waals surface area contributed by atoms with Gasteiger partial charge in [-0.05, 0) is 43.7 Å². The van der Waals surface area contributed by atoms with Crippen molar-refractivity contribution in [2.45, 2.75) is 33.1 Å². The zero-order valence-electron chi connectivity index (χ0n) is 10.4. The van der Waals surface area contributed by atoms with Crippen LogP contribution in [0.1, 0.15) is 31.7 Å². The first-order valence-electron chi connectivity index (χ1n) is 6.28. The summed E-state index contributed by atoms with van der Waals surface area (Å²) in [5, 5.41) is 0. The Balaban J connectivity index is 2.20. The van der Waals surface area contributed by atoms with Gasteiger partial charge in [-0.3, -0.25) is 0 Å². The molecule has 16 heavy (non-hydrogen) atoms. The van der Waals surface area contributed by atoms with Crippen LogP contribution in [-0.2, 0) is 0 Å². The summed E-state index contributed by atoms with van der Waals surface area (Å²) in [6.07, 6.45) is 3.92. The molecular weight excluding hydrogens is 196 g/mol. The van der Waals surface area contributed by atoms with E-state index in [1.54, 1.807) is 0 Å². The van der Waals surface area contributed by atoms with E-state index in [4.69, 9.17) is 5.73 Å². The van der Waals surface area contributed by atoms with E-state index in [1.165, 1.54) is 30.5 Å². The maximum Gasteiger partial charge on any atom is 0.0602 e. The number of para-hydroxylation sites is 1. The van der Waals surface area contributed by atoms with Crippen molar-refractivity contribution in [2.75, 3.05) is 23.7 Å². The van der Waals surface area contributed by atoms with E-state index in [1.807, 2.05) is 0 Å². The first kappa shape index (κ1) is 11.3. The van der Waals surface area contributed by atoms with Crippen LogP contribution in [0.3, 0.4) is 0 Å². The maximum atomic E-state index is 6.16. The maximum absolute atomic E-state index is 6.16. The van der Waals surface area contributed by atoms with Gasteiger partial charge in [0, 0.05) is 13.1 Å². The Hall–Kier alpha value is -1.18. The zero-order valence-corrected chi connectivity index (χ0v) is 10.4. The third-order valence-corrected chi connectivity index (χ3v) is 3.66. The molecule has 2 N–H and O–H groups in total. The van der Waals surface area contributed by atoms with Gasteiger partial charge in [0.1, 0.15) is 0 Å². The lowest BCUT2D eigenvalue weighted by Gasteiger charge is -2.25. The number of nitrogen functional groups attached to an aromatic ring is 1. The van der Waals surface area contributed by atoms with Crippen LogP contribution in [0.15, 0.2) is 18.2 Å². The van der Waals surface area contributed by atoms with Crippen molar-refractivity contribution in [2.24, 2.45) is 5.92 Å². The van der Waals surface area contributed by atoms with Crippen LogP contribution < -0.4 is 10.6 Å². The average molecular weight is 218 g/mol. The molecule has 0 spiro atoms. The first-order valence-corrected chi connectivity index (χ1v) is 6.28.